The van der Waals surface area contributed by atoms with Crippen LogP contribution in [0, 0.1) is 0 Å². The van der Waals surface area contributed by atoms with Gasteiger partial charge in [0.05, 0.1) is 10.0 Å². The maximum Gasteiger partial charge on any atom is 0.0598 e. The molecule has 0 bridgehead atoms. The van der Waals surface area contributed by atoms with Crippen molar-refractivity contribution in [2.75, 3.05) is 24.5 Å². The third-order valence-corrected chi connectivity index (χ3v) is 6.59. The molecule has 24 heavy (non-hydrogen) atoms. The van der Waals surface area contributed by atoms with Gasteiger partial charge in [-0.05, 0) is 72.3 Å². The van der Waals surface area contributed by atoms with Crippen LogP contribution in [-0.4, -0.2) is 25.7 Å². The topological polar surface area (TPSA) is 15.3 Å². The van der Waals surface area contributed by atoms with Crippen LogP contribution in [0.3, 0.4) is 0 Å². The van der Waals surface area contributed by atoms with Crippen molar-refractivity contribution in [3.8, 4) is 11.1 Å². The fourth-order valence-electron chi connectivity index (χ4n) is 4.80. The first kappa shape index (κ1) is 15.1. The fraction of sp³-hybridized carbons (Fsp3) is 0.400. The summed E-state index contributed by atoms with van der Waals surface area (Å²) in [5.74, 6) is 0.619. The number of rotatable bonds is 1. The van der Waals surface area contributed by atoms with Gasteiger partial charge in [0.2, 0.25) is 0 Å². The summed E-state index contributed by atoms with van der Waals surface area (Å²) in [7, 11) is 0. The molecule has 1 saturated heterocycles. The van der Waals surface area contributed by atoms with Crippen LogP contribution in [-0.2, 0) is 6.42 Å². The number of nitrogens with zero attached hydrogens (tertiary/aromatic N) is 1. The lowest BCUT2D eigenvalue weighted by atomic mass is 9.87. The van der Waals surface area contributed by atoms with Crippen LogP contribution in [0.25, 0.3) is 11.1 Å². The quantitative estimate of drug-likeness (QED) is 0.781. The molecule has 2 nitrogen and oxygen atoms in total. The molecule has 1 fully saturated rings. The molecular weight excluding hydrogens is 339 g/mol. The van der Waals surface area contributed by atoms with Crippen LogP contribution in [0.5, 0.6) is 0 Å². The lowest BCUT2D eigenvalue weighted by Crippen LogP contribution is -2.45. The van der Waals surface area contributed by atoms with Crippen LogP contribution in [0.15, 0.2) is 30.3 Å². The van der Waals surface area contributed by atoms with E-state index in [4.69, 9.17) is 23.2 Å². The average Bonchev–Trinajstić information content (AvgIpc) is 2.94. The van der Waals surface area contributed by atoms with Gasteiger partial charge in [-0.2, -0.15) is 0 Å². The van der Waals surface area contributed by atoms with Crippen molar-refractivity contribution in [1.29, 1.82) is 0 Å². The molecule has 1 N–H and O–H groups in total. The van der Waals surface area contributed by atoms with Gasteiger partial charge in [-0.15, -0.1) is 0 Å². The van der Waals surface area contributed by atoms with Gasteiger partial charge >= 0.3 is 0 Å². The zero-order valence-corrected chi connectivity index (χ0v) is 15.0. The van der Waals surface area contributed by atoms with E-state index in [1.54, 1.807) is 0 Å². The molecule has 0 aliphatic carbocycles. The van der Waals surface area contributed by atoms with Crippen LogP contribution in [0.2, 0.25) is 10.0 Å². The molecule has 2 unspecified atom stereocenters. The first-order valence-electron chi connectivity index (χ1n) is 8.82. The maximum absolute atomic E-state index is 6.25. The molecule has 0 aromatic heterocycles. The summed E-state index contributed by atoms with van der Waals surface area (Å²) in [6.07, 6.45) is 3.69. The van der Waals surface area contributed by atoms with Gasteiger partial charge in [0.1, 0.15) is 0 Å². The summed E-state index contributed by atoms with van der Waals surface area (Å²) in [5.41, 5.74) is 7.01. The van der Waals surface area contributed by atoms with Crippen LogP contribution < -0.4 is 10.2 Å². The Balaban J connectivity index is 1.67. The predicted molar refractivity (Wildman–Crippen MR) is 102 cm³/mol. The van der Waals surface area contributed by atoms with Gasteiger partial charge in [0, 0.05) is 30.7 Å². The monoisotopic (exact) mass is 358 g/mol. The lowest BCUT2D eigenvalue weighted by molar-refractivity contribution is 0.400. The Morgan fingerprint density at radius 3 is 2.83 bits per heavy atom. The maximum atomic E-state index is 6.25. The van der Waals surface area contributed by atoms with E-state index in [9.17, 15) is 0 Å². The number of halogens is 2. The molecule has 2 atom stereocenters. The normalized spacial score (nSPS) is 24.7. The standard InChI is InChI=1S/C20H20Cl2N2/c21-17-4-3-12(10-18(17)22)14-8-13-2-1-7-24-19-5-6-23-11-16(19)15(9-14)20(13)24/h3-4,8-10,16,19,23H,1-2,5-7,11H2. The number of benzene rings is 2. The second kappa shape index (κ2) is 5.66. The number of nitrogens with one attached hydrogen (secondary N) is 1. The van der Waals surface area contributed by atoms with Crippen LogP contribution in [0.1, 0.15) is 29.9 Å². The minimum absolute atomic E-state index is 0.616. The largest absolute Gasteiger partial charge is 0.367 e. The summed E-state index contributed by atoms with van der Waals surface area (Å²) in [5, 5.41) is 4.84. The van der Waals surface area contributed by atoms with Crippen molar-refractivity contribution in [3.63, 3.8) is 0 Å². The SMILES string of the molecule is Clc1ccc(-c2cc3c4c(c2)C2CNCCC2N4CCC3)cc1Cl. The summed E-state index contributed by atoms with van der Waals surface area (Å²) in [6.45, 7) is 3.45. The number of anilines is 1. The highest BCUT2D eigenvalue weighted by Gasteiger charge is 2.42. The van der Waals surface area contributed by atoms with E-state index in [1.807, 2.05) is 12.1 Å². The molecule has 3 aliphatic heterocycles. The average molecular weight is 359 g/mol. The fourth-order valence-corrected chi connectivity index (χ4v) is 5.10. The lowest BCUT2D eigenvalue weighted by Gasteiger charge is -2.36. The van der Waals surface area contributed by atoms with Crippen molar-refractivity contribution in [1.82, 2.24) is 5.32 Å². The summed E-state index contributed by atoms with van der Waals surface area (Å²) >= 11 is 12.3. The van der Waals surface area contributed by atoms with E-state index in [0.717, 1.165) is 18.7 Å². The number of hydrogen-bond donors (Lipinski definition) is 1. The van der Waals surface area contributed by atoms with Crippen molar-refractivity contribution >= 4 is 28.9 Å². The molecule has 124 valence electrons. The zero-order valence-electron chi connectivity index (χ0n) is 13.5. The van der Waals surface area contributed by atoms with Crippen molar-refractivity contribution in [2.45, 2.75) is 31.2 Å². The third-order valence-electron chi connectivity index (χ3n) is 5.85. The first-order valence-corrected chi connectivity index (χ1v) is 9.57. The predicted octanol–water partition coefficient (Wildman–Crippen LogP) is 4.87. The molecular formula is C20H20Cl2N2. The van der Waals surface area contributed by atoms with Crippen molar-refractivity contribution in [3.05, 3.63) is 51.5 Å². The molecule has 2 aromatic carbocycles. The number of aryl methyl sites for hydroxylation is 1. The van der Waals surface area contributed by atoms with E-state index in [-0.39, 0.29) is 0 Å². The zero-order chi connectivity index (χ0) is 16.3. The third kappa shape index (κ3) is 2.20. The molecule has 0 spiro atoms. The smallest absolute Gasteiger partial charge is 0.0598 e. The van der Waals surface area contributed by atoms with E-state index >= 15 is 0 Å². The Bertz CT molecular complexity index is 818. The first-order chi connectivity index (χ1) is 11.7. The van der Waals surface area contributed by atoms with E-state index < -0.39 is 0 Å². The Morgan fingerprint density at radius 1 is 1.04 bits per heavy atom. The highest BCUT2D eigenvalue weighted by Crippen LogP contribution is 2.49. The molecule has 3 heterocycles. The summed E-state index contributed by atoms with van der Waals surface area (Å²) < 4.78 is 0. The van der Waals surface area contributed by atoms with E-state index in [0.29, 0.717) is 22.0 Å². The molecule has 4 heteroatoms. The van der Waals surface area contributed by atoms with Crippen molar-refractivity contribution < 1.29 is 0 Å². The minimum Gasteiger partial charge on any atom is -0.367 e. The van der Waals surface area contributed by atoms with Gasteiger partial charge in [-0.25, -0.2) is 0 Å². The van der Waals surface area contributed by atoms with Crippen LogP contribution >= 0.6 is 23.2 Å². The second-order valence-corrected chi connectivity index (χ2v) is 7.98. The summed E-state index contributed by atoms with van der Waals surface area (Å²) in [6, 6.07) is 11.4. The van der Waals surface area contributed by atoms with Gasteiger partial charge in [0.25, 0.3) is 0 Å². The van der Waals surface area contributed by atoms with Gasteiger partial charge in [0.15, 0.2) is 0 Å². The number of fused-ring (bicyclic) bond motifs is 3. The molecule has 5 rings (SSSR count). The van der Waals surface area contributed by atoms with E-state index in [1.165, 1.54) is 48.2 Å². The van der Waals surface area contributed by atoms with E-state index in [2.05, 4.69) is 28.4 Å². The molecule has 3 aliphatic rings. The van der Waals surface area contributed by atoms with Gasteiger partial charge in [-0.1, -0.05) is 29.3 Å². The second-order valence-electron chi connectivity index (χ2n) is 7.17. The number of hydrogen-bond acceptors (Lipinski definition) is 2. The van der Waals surface area contributed by atoms with Gasteiger partial charge in [-0.3, -0.25) is 0 Å². The Hall–Kier alpha value is -1.22. The van der Waals surface area contributed by atoms with Crippen molar-refractivity contribution in [2.24, 2.45) is 0 Å². The Kier molecular flexibility index (Phi) is 3.55. The highest BCUT2D eigenvalue weighted by atomic mass is 35.5. The molecule has 2 aromatic rings. The molecule has 0 radical (unpaired) electrons. The minimum atomic E-state index is 0.616. The highest BCUT2D eigenvalue weighted by molar-refractivity contribution is 6.42. The Morgan fingerprint density at radius 2 is 1.96 bits per heavy atom. The Labute approximate surface area is 152 Å². The molecule has 0 amide bonds. The van der Waals surface area contributed by atoms with Crippen LogP contribution in [0.4, 0.5) is 5.69 Å². The number of piperidine rings is 1. The summed E-state index contributed by atoms with van der Waals surface area (Å²) in [4.78, 5) is 2.69. The van der Waals surface area contributed by atoms with Gasteiger partial charge < -0.3 is 10.2 Å². The molecule has 0 saturated carbocycles.